The Kier molecular flexibility index (Phi) is 5.46. The number of aryl methyl sites for hydroxylation is 1. The van der Waals surface area contributed by atoms with Crippen molar-refractivity contribution in [1.82, 2.24) is 0 Å². The molecular formula is C18H17ClN4O. The fraction of sp³-hybridized carbons (Fsp3) is 0.111. The zero-order chi connectivity index (χ0) is 17.7. The van der Waals surface area contributed by atoms with Gasteiger partial charge in [0.25, 0.3) is 5.91 Å². The van der Waals surface area contributed by atoms with Crippen molar-refractivity contribution in [1.29, 1.82) is 5.26 Å². The summed E-state index contributed by atoms with van der Waals surface area (Å²) in [6.45, 7) is 3.72. The summed E-state index contributed by atoms with van der Waals surface area (Å²) < 4.78 is 0. The molecule has 2 rings (SSSR count). The van der Waals surface area contributed by atoms with Crippen molar-refractivity contribution < 1.29 is 4.79 Å². The summed E-state index contributed by atoms with van der Waals surface area (Å²) in [7, 11) is 0. The number of halogens is 1. The summed E-state index contributed by atoms with van der Waals surface area (Å²) in [6, 6.07) is 12.5. The van der Waals surface area contributed by atoms with Gasteiger partial charge in [0.2, 0.25) is 0 Å². The van der Waals surface area contributed by atoms with Crippen molar-refractivity contribution in [3.05, 3.63) is 64.3 Å². The lowest BCUT2D eigenvalue weighted by atomic mass is 10.2. The first-order chi connectivity index (χ1) is 11.4. The molecule has 2 aromatic rings. The second kappa shape index (κ2) is 7.53. The van der Waals surface area contributed by atoms with Gasteiger partial charge in [-0.05, 0) is 49.2 Å². The average Bonchev–Trinajstić information content (AvgIpc) is 2.54. The first-order valence-electron chi connectivity index (χ1n) is 7.21. The van der Waals surface area contributed by atoms with Crippen molar-refractivity contribution in [3.8, 4) is 6.07 Å². The molecule has 0 radical (unpaired) electrons. The molecule has 0 saturated carbocycles. The van der Waals surface area contributed by atoms with Crippen LogP contribution in [0.5, 0.6) is 0 Å². The van der Waals surface area contributed by atoms with Crippen LogP contribution in [0.4, 0.5) is 17.1 Å². The number of rotatable bonds is 4. The summed E-state index contributed by atoms with van der Waals surface area (Å²) >= 11 is 6.02. The first kappa shape index (κ1) is 17.4. The highest BCUT2D eigenvalue weighted by atomic mass is 35.5. The number of nitrogen functional groups attached to an aromatic ring is 1. The molecule has 0 saturated heterocycles. The Labute approximate surface area is 145 Å². The van der Waals surface area contributed by atoms with Crippen molar-refractivity contribution in [2.75, 3.05) is 16.4 Å². The smallest absolute Gasteiger partial charge is 0.267 e. The van der Waals surface area contributed by atoms with E-state index in [1.165, 1.54) is 6.20 Å². The lowest BCUT2D eigenvalue weighted by Crippen LogP contribution is -2.15. The van der Waals surface area contributed by atoms with Crippen LogP contribution in [-0.2, 0) is 4.79 Å². The van der Waals surface area contributed by atoms with Crippen molar-refractivity contribution in [3.63, 3.8) is 0 Å². The third-order valence-corrected chi connectivity index (χ3v) is 3.87. The third kappa shape index (κ3) is 4.06. The largest absolute Gasteiger partial charge is 0.397 e. The Morgan fingerprint density at radius 2 is 2.00 bits per heavy atom. The molecule has 0 fully saturated rings. The number of nitrogens with two attached hydrogens (primary N) is 1. The van der Waals surface area contributed by atoms with Gasteiger partial charge in [-0.2, -0.15) is 5.26 Å². The number of carbonyl (C=O) groups excluding carboxylic acids is 1. The minimum absolute atomic E-state index is 0.0747. The van der Waals surface area contributed by atoms with Crippen LogP contribution in [-0.4, -0.2) is 5.91 Å². The van der Waals surface area contributed by atoms with Crippen LogP contribution in [0.3, 0.4) is 0 Å². The molecule has 0 atom stereocenters. The lowest BCUT2D eigenvalue weighted by Gasteiger charge is -2.10. The van der Waals surface area contributed by atoms with E-state index in [9.17, 15) is 10.1 Å². The number of benzene rings is 2. The van der Waals surface area contributed by atoms with Gasteiger partial charge in [0.1, 0.15) is 11.6 Å². The molecule has 0 aromatic heterocycles. The average molecular weight is 341 g/mol. The Morgan fingerprint density at radius 1 is 1.25 bits per heavy atom. The quantitative estimate of drug-likeness (QED) is 0.445. The molecule has 4 N–H and O–H groups in total. The number of carbonyl (C=O) groups is 1. The summed E-state index contributed by atoms with van der Waals surface area (Å²) in [6.07, 6.45) is 1.33. The zero-order valence-electron chi connectivity index (χ0n) is 13.4. The number of hydrogen-bond acceptors (Lipinski definition) is 4. The fourth-order valence-electron chi connectivity index (χ4n) is 2.04. The molecule has 122 valence electrons. The number of anilines is 3. The molecule has 1 amide bonds. The monoisotopic (exact) mass is 340 g/mol. The summed E-state index contributed by atoms with van der Waals surface area (Å²) in [5, 5.41) is 15.3. The normalized spacial score (nSPS) is 10.8. The Bertz CT molecular complexity index is 853. The van der Waals surface area contributed by atoms with Gasteiger partial charge in [-0.1, -0.05) is 23.7 Å². The predicted octanol–water partition coefficient (Wildman–Crippen LogP) is 4.00. The van der Waals surface area contributed by atoms with Crippen LogP contribution >= 0.6 is 11.6 Å². The maximum Gasteiger partial charge on any atom is 0.267 e. The van der Waals surface area contributed by atoms with E-state index >= 15 is 0 Å². The van der Waals surface area contributed by atoms with E-state index in [1.54, 1.807) is 37.3 Å². The van der Waals surface area contributed by atoms with E-state index in [-0.39, 0.29) is 5.57 Å². The molecule has 0 unspecified atom stereocenters. The molecule has 24 heavy (non-hydrogen) atoms. The molecule has 0 heterocycles. The highest BCUT2D eigenvalue weighted by molar-refractivity contribution is 6.31. The van der Waals surface area contributed by atoms with E-state index in [1.807, 2.05) is 19.1 Å². The second-order valence-electron chi connectivity index (χ2n) is 5.27. The molecular weight excluding hydrogens is 324 g/mol. The minimum atomic E-state index is -0.527. The molecule has 0 aliphatic rings. The van der Waals surface area contributed by atoms with Crippen LogP contribution in [0.25, 0.3) is 0 Å². The number of nitrogens with zero attached hydrogens (tertiary/aromatic N) is 1. The maximum absolute atomic E-state index is 12.3. The van der Waals surface area contributed by atoms with E-state index in [0.29, 0.717) is 22.1 Å². The van der Waals surface area contributed by atoms with Crippen molar-refractivity contribution in [2.24, 2.45) is 0 Å². The summed E-state index contributed by atoms with van der Waals surface area (Å²) in [5.41, 5.74) is 9.30. The van der Waals surface area contributed by atoms with Crippen LogP contribution in [0, 0.1) is 25.2 Å². The Hall–Kier alpha value is -2.97. The highest BCUT2D eigenvalue weighted by Gasteiger charge is 2.12. The van der Waals surface area contributed by atoms with E-state index in [0.717, 1.165) is 11.1 Å². The van der Waals surface area contributed by atoms with Crippen LogP contribution in [0.2, 0.25) is 5.02 Å². The number of hydrogen-bond donors (Lipinski definition) is 3. The van der Waals surface area contributed by atoms with E-state index in [4.69, 9.17) is 17.3 Å². The van der Waals surface area contributed by atoms with E-state index in [2.05, 4.69) is 10.6 Å². The molecule has 2 aromatic carbocycles. The number of nitrogens with one attached hydrogen (secondary N) is 2. The zero-order valence-corrected chi connectivity index (χ0v) is 14.1. The lowest BCUT2D eigenvalue weighted by molar-refractivity contribution is -0.112. The van der Waals surface area contributed by atoms with Crippen molar-refractivity contribution >= 4 is 34.6 Å². The van der Waals surface area contributed by atoms with Gasteiger partial charge in [0.05, 0.1) is 11.4 Å². The Balaban J connectivity index is 2.17. The van der Waals surface area contributed by atoms with Crippen LogP contribution in [0.15, 0.2) is 48.2 Å². The van der Waals surface area contributed by atoms with Gasteiger partial charge in [-0.25, -0.2) is 0 Å². The summed E-state index contributed by atoms with van der Waals surface area (Å²) in [5.74, 6) is -0.527. The highest BCUT2D eigenvalue weighted by Crippen LogP contribution is 2.23. The van der Waals surface area contributed by atoms with Gasteiger partial charge < -0.3 is 16.4 Å². The molecule has 0 aliphatic heterocycles. The van der Waals surface area contributed by atoms with Gasteiger partial charge in [0, 0.05) is 16.9 Å². The van der Waals surface area contributed by atoms with Crippen LogP contribution < -0.4 is 16.4 Å². The first-order valence-corrected chi connectivity index (χ1v) is 7.59. The van der Waals surface area contributed by atoms with Gasteiger partial charge in [0.15, 0.2) is 0 Å². The molecule has 0 spiro atoms. The topological polar surface area (TPSA) is 90.9 Å². The number of amides is 1. The van der Waals surface area contributed by atoms with E-state index < -0.39 is 5.91 Å². The summed E-state index contributed by atoms with van der Waals surface area (Å²) in [4.78, 5) is 12.3. The van der Waals surface area contributed by atoms with Gasteiger partial charge >= 0.3 is 0 Å². The predicted molar refractivity (Wildman–Crippen MR) is 97.7 cm³/mol. The molecule has 5 nitrogen and oxygen atoms in total. The SMILES string of the molecule is Cc1ccc(N/C=C(/C#N)C(=O)Nc2cccc(Cl)c2C)c(N)c1. The minimum Gasteiger partial charge on any atom is -0.397 e. The molecule has 0 aliphatic carbocycles. The van der Waals surface area contributed by atoms with Gasteiger partial charge in [-0.15, -0.1) is 0 Å². The maximum atomic E-state index is 12.3. The molecule has 6 heteroatoms. The fourth-order valence-corrected chi connectivity index (χ4v) is 2.22. The standard InChI is InChI=1S/C18H17ClN4O/c1-11-6-7-17(15(21)8-11)22-10-13(9-20)18(24)23-16-5-3-4-14(19)12(16)2/h3-8,10,22H,21H2,1-2H3,(H,23,24)/b13-10-. The Morgan fingerprint density at radius 3 is 2.67 bits per heavy atom. The second-order valence-corrected chi connectivity index (χ2v) is 5.68. The van der Waals surface area contributed by atoms with Gasteiger partial charge in [-0.3, -0.25) is 4.79 Å². The van der Waals surface area contributed by atoms with Crippen molar-refractivity contribution in [2.45, 2.75) is 13.8 Å². The number of nitriles is 1. The third-order valence-electron chi connectivity index (χ3n) is 3.46. The van der Waals surface area contributed by atoms with Crippen LogP contribution in [0.1, 0.15) is 11.1 Å². The molecule has 0 bridgehead atoms.